The van der Waals surface area contributed by atoms with Crippen molar-refractivity contribution in [3.05, 3.63) is 59.5 Å². The van der Waals surface area contributed by atoms with Gasteiger partial charge in [0.25, 0.3) is 0 Å². The normalized spacial score (nSPS) is 11.8. The van der Waals surface area contributed by atoms with Crippen molar-refractivity contribution < 1.29 is 14.0 Å². The number of amides is 2. The Balaban J connectivity index is 1.91. The average Bonchev–Trinajstić information content (AvgIpc) is 3.09. The van der Waals surface area contributed by atoms with E-state index in [0.717, 1.165) is 24.2 Å². The van der Waals surface area contributed by atoms with Crippen LogP contribution in [0.5, 0.6) is 0 Å². The predicted molar refractivity (Wildman–Crippen MR) is 97.3 cm³/mol. The molecule has 0 bridgehead atoms. The molecule has 1 heterocycles. The molecule has 2 N–H and O–H groups in total. The SMILES string of the molecule is CC(=O)NCCCCNC(=O)C(Cc1ccco1)c1ccc(C)cc1. The number of benzene rings is 1. The number of rotatable bonds is 9. The maximum absolute atomic E-state index is 12.7. The van der Waals surface area contributed by atoms with Crippen LogP contribution in [0, 0.1) is 6.92 Å². The second-order valence-corrected chi connectivity index (χ2v) is 6.23. The van der Waals surface area contributed by atoms with Gasteiger partial charge in [-0.1, -0.05) is 29.8 Å². The summed E-state index contributed by atoms with van der Waals surface area (Å²) in [6, 6.07) is 11.8. The van der Waals surface area contributed by atoms with Crippen molar-refractivity contribution in [3.8, 4) is 0 Å². The summed E-state index contributed by atoms with van der Waals surface area (Å²) in [6.07, 6.45) is 3.83. The number of carbonyl (C=O) groups is 2. The third-order valence-electron chi connectivity index (χ3n) is 4.06. The zero-order valence-electron chi connectivity index (χ0n) is 14.9. The molecule has 1 atom stereocenters. The molecule has 0 spiro atoms. The Morgan fingerprint density at radius 1 is 1.04 bits per heavy atom. The van der Waals surface area contributed by atoms with Gasteiger partial charge in [0, 0.05) is 26.4 Å². The Morgan fingerprint density at radius 2 is 1.72 bits per heavy atom. The number of hydrogen-bond acceptors (Lipinski definition) is 3. The van der Waals surface area contributed by atoms with Crippen LogP contribution >= 0.6 is 0 Å². The molecule has 0 saturated carbocycles. The van der Waals surface area contributed by atoms with Crippen molar-refractivity contribution in [1.29, 1.82) is 0 Å². The number of nitrogens with one attached hydrogen (secondary N) is 2. The van der Waals surface area contributed by atoms with E-state index in [1.165, 1.54) is 12.5 Å². The van der Waals surface area contributed by atoms with Crippen LogP contribution in [0.25, 0.3) is 0 Å². The number of carbonyl (C=O) groups excluding carboxylic acids is 2. The highest BCUT2D eigenvalue weighted by Crippen LogP contribution is 2.22. The largest absolute Gasteiger partial charge is 0.469 e. The zero-order chi connectivity index (χ0) is 18.1. The van der Waals surface area contributed by atoms with E-state index in [1.54, 1.807) is 6.26 Å². The van der Waals surface area contributed by atoms with Crippen LogP contribution in [0.4, 0.5) is 0 Å². The molecule has 0 aliphatic rings. The summed E-state index contributed by atoms with van der Waals surface area (Å²) in [4.78, 5) is 23.5. The van der Waals surface area contributed by atoms with Crippen molar-refractivity contribution in [3.63, 3.8) is 0 Å². The lowest BCUT2D eigenvalue weighted by Crippen LogP contribution is -2.31. The summed E-state index contributed by atoms with van der Waals surface area (Å²) in [6.45, 7) is 4.76. The van der Waals surface area contributed by atoms with Gasteiger partial charge in [0.2, 0.25) is 11.8 Å². The topological polar surface area (TPSA) is 71.3 Å². The van der Waals surface area contributed by atoms with Gasteiger partial charge >= 0.3 is 0 Å². The zero-order valence-corrected chi connectivity index (χ0v) is 14.9. The molecule has 2 amide bonds. The summed E-state index contributed by atoms with van der Waals surface area (Å²) in [7, 11) is 0. The van der Waals surface area contributed by atoms with E-state index in [2.05, 4.69) is 10.6 Å². The minimum absolute atomic E-state index is 0.000204. The first-order valence-electron chi connectivity index (χ1n) is 8.67. The second kappa shape index (κ2) is 9.67. The maximum Gasteiger partial charge on any atom is 0.228 e. The summed E-state index contributed by atoms with van der Waals surface area (Å²) in [5.74, 6) is 0.496. The molecule has 0 radical (unpaired) electrons. The van der Waals surface area contributed by atoms with Gasteiger partial charge in [-0.25, -0.2) is 0 Å². The predicted octanol–water partition coefficient (Wildman–Crippen LogP) is 2.95. The minimum Gasteiger partial charge on any atom is -0.469 e. The molecule has 1 aromatic carbocycles. The Morgan fingerprint density at radius 3 is 2.32 bits per heavy atom. The number of unbranched alkanes of at least 4 members (excludes halogenated alkanes) is 1. The first-order valence-corrected chi connectivity index (χ1v) is 8.67. The first kappa shape index (κ1) is 18.8. The second-order valence-electron chi connectivity index (χ2n) is 6.23. The summed E-state index contributed by atoms with van der Waals surface area (Å²) in [5, 5.41) is 5.76. The molecule has 5 heteroatoms. The first-order chi connectivity index (χ1) is 12.1. The van der Waals surface area contributed by atoms with Crippen molar-refractivity contribution >= 4 is 11.8 Å². The lowest BCUT2D eigenvalue weighted by atomic mass is 9.93. The quantitative estimate of drug-likeness (QED) is 0.688. The molecule has 0 aliphatic heterocycles. The Bertz CT molecular complexity index is 663. The molecule has 0 saturated heterocycles. The van der Waals surface area contributed by atoms with Gasteiger partial charge in [-0.2, -0.15) is 0 Å². The van der Waals surface area contributed by atoms with E-state index in [0.29, 0.717) is 19.5 Å². The molecule has 25 heavy (non-hydrogen) atoms. The fourth-order valence-corrected chi connectivity index (χ4v) is 2.64. The highest BCUT2D eigenvalue weighted by molar-refractivity contribution is 5.83. The van der Waals surface area contributed by atoms with E-state index in [1.807, 2.05) is 43.3 Å². The standard InChI is InChI=1S/C20H26N2O3/c1-15-7-9-17(10-8-15)19(14-18-6-5-13-25-18)20(24)22-12-4-3-11-21-16(2)23/h5-10,13,19H,3-4,11-12,14H2,1-2H3,(H,21,23)(H,22,24). The van der Waals surface area contributed by atoms with Crippen LogP contribution in [-0.4, -0.2) is 24.9 Å². The minimum atomic E-state index is -0.276. The molecule has 0 aliphatic carbocycles. The van der Waals surface area contributed by atoms with E-state index in [9.17, 15) is 9.59 Å². The van der Waals surface area contributed by atoms with Crippen molar-refractivity contribution in [2.45, 2.75) is 39.0 Å². The molecular formula is C20H26N2O3. The highest BCUT2D eigenvalue weighted by Gasteiger charge is 2.22. The molecule has 134 valence electrons. The van der Waals surface area contributed by atoms with E-state index in [-0.39, 0.29) is 17.7 Å². The van der Waals surface area contributed by atoms with Gasteiger partial charge in [0.1, 0.15) is 5.76 Å². The molecule has 5 nitrogen and oxygen atoms in total. The van der Waals surface area contributed by atoms with Crippen molar-refractivity contribution in [2.75, 3.05) is 13.1 Å². The van der Waals surface area contributed by atoms with Gasteiger partial charge in [0.05, 0.1) is 12.2 Å². The third kappa shape index (κ3) is 6.45. The number of aryl methyl sites for hydroxylation is 1. The van der Waals surface area contributed by atoms with Crippen LogP contribution in [-0.2, 0) is 16.0 Å². The average molecular weight is 342 g/mol. The summed E-state index contributed by atoms with van der Waals surface area (Å²) in [5.41, 5.74) is 2.15. The van der Waals surface area contributed by atoms with E-state index in [4.69, 9.17) is 4.42 Å². The molecule has 1 aromatic heterocycles. The number of furan rings is 1. The Hall–Kier alpha value is -2.56. The van der Waals surface area contributed by atoms with Gasteiger partial charge in [-0.15, -0.1) is 0 Å². The van der Waals surface area contributed by atoms with Crippen molar-refractivity contribution in [1.82, 2.24) is 10.6 Å². The van der Waals surface area contributed by atoms with Crippen LogP contribution in [0.3, 0.4) is 0 Å². The van der Waals surface area contributed by atoms with Gasteiger partial charge in [-0.05, 0) is 37.5 Å². The van der Waals surface area contributed by atoms with Gasteiger partial charge < -0.3 is 15.1 Å². The summed E-state index contributed by atoms with van der Waals surface area (Å²) >= 11 is 0. The number of hydrogen-bond donors (Lipinski definition) is 2. The van der Waals surface area contributed by atoms with Gasteiger partial charge in [0.15, 0.2) is 0 Å². The lowest BCUT2D eigenvalue weighted by molar-refractivity contribution is -0.122. The molecular weight excluding hydrogens is 316 g/mol. The Labute approximate surface area is 148 Å². The third-order valence-corrected chi connectivity index (χ3v) is 4.06. The van der Waals surface area contributed by atoms with Crippen LogP contribution in [0.1, 0.15) is 42.6 Å². The fourth-order valence-electron chi connectivity index (χ4n) is 2.64. The van der Waals surface area contributed by atoms with E-state index < -0.39 is 0 Å². The highest BCUT2D eigenvalue weighted by atomic mass is 16.3. The lowest BCUT2D eigenvalue weighted by Gasteiger charge is -2.17. The van der Waals surface area contributed by atoms with E-state index >= 15 is 0 Å². The molecule has 1 unspecified atom stereocenters. The van der Waals surface area contributed by atoms with Crippen LogP contribution < -0.4 is 10.6 Å². The van der Waals surface area contributed by atoms with Crippen LogP contribution in [0.2, 0.25) is 0 Å². The smallest absolute Gasteiger partial charge is 0.228 e. The fraction of sp³-hybridized carbons (Fsp3) is 0.400. The molecule has 2 aromatic rings. The van der Waals surface area contributed by atoms with Crippen molar-refractivity contribution in [2.24, 2.45) is 0 Å². The molecule has 0 fully saturated rings. The maximum atomic E-state index is 12.7. The van der Waals surface area contributed by atoms with Gasteiger partial charge in [-0.3, -0.25) is 9.59 Å². The monoisotopic (exact) mass is 342 g/mol. The molecule has 2 rings (SSSR count). The Kier molecular flexibility index (Phi) is 7.26. The summed E-state index contributed by atoms with van der Waals surface area (Å²) < 4.78 is 5.42. The van der Waals surface area contributed by atoms with Crippen LogP contribution in [0.15, 0.2) is 47.1 Å².